The lowest BCUT2D eigenvalue weighted by molar-refractivity contribution is -0.138. The highest BCUT2D eigenvalue weighted by Crippen LogP contribution is 2.68. The Hall–Kier alpha value is -3.49. The number of nitrogens with zero attached hydrogens (tertiary/aromatic N) is 1. The highest BCUT2D eigenvalue weighted by Gasteiger charge is 2.60. The fraction of sp³-hybridized carbons (Fsp3) is 0.649. The van der Waals surface area contributed by atoms with E-state index in [1.165, 1.54) is 44.3 Å². The van der Waals surface area contributed by atoms with Gasteiger partial charge in [0.15, 0.2) is 0 Å². The Morgan fingerprint density at radius 2 is 1.65 bits per heavy atom. The summed E-state index contributed by atoms with van der Waals surface area (Å²) in [5, 5.41) is 11.4. The third-order valence-electron chi connectivity index (χ3n) is 13.1. The third-order valence-corrected chi connectivity index (χ3v) is 13.1. The maximum atomic E-state index is 13.4. The molecule has 0 saturated heterocycles. The van der Waals surface area contributed by atoms with Crippen LogP contribution in [0.3, 0.4) is 0 Å². The van der Waals surface area contributed by atoms with Gasteiger partial charge in [0, 0.05) is 18.6 Å². The number of esters is 1. The number of benzene rings is 1. The van der Waals surface area contributed by atoms with Crippen molar-refractivity contribution in [3.8, 4) is 0 Å². The van der Waals surface area contributed by atoms with Crippen LogP contribution in [-0.4, -0.2) is 47.4 Å². The molecule has 0 aromatic heterocycles. The van der Waals surface area contributed by atoms with Gasteiger partial charge in [-0.25, -0.2) is 9.69 Å². The first-order valence-electron chi connectivity index (χ1n) is 17.3. The van der Waals surface area contributed by atoms with Crippen LogP contribution in [0.25, 0.3) is 0 Å². The first kappa shape index (κ1) is 32.5. The monoisotopic (exact) mass is 632 g/mol. The number of carbonyl (C=O) groups is 5. The van der Waals surface area contributed by atoms with Crippen LogP contribution in [0.2, 0.25) is 0 Å². The Balaban J connectivity index is 1.07. The first-order valence-corrected chi connectivity index (χ1v) is 17.3. The molecule has 248 valence electrons. The number of aliphatic carboxylic acids is 1. The number of fused-ring (bicyclic) bond motifs is 5. The van der Waals surface area contributed by atoms with E-state index in [4.69, 9.17) is 9.84 Å². The molecule has 9 heteroatoms. The molecule has 2 N–H and O–H groups in total. The SMILES string of the molecule is C[C@H](CCC(=O)NCC(=O)O)[C@H]1CC[C@H]2[C@@H]3CCC4C[C@H](OC(=O)c5ccccc5N5C(=O)C=CC5=O)CC[C@]4(C)[C@H]3CC[C@]12C. The summed E-state index contributed by atoms with van der Waals surface area (Å²) in [4.78, 5) is 62.1. The van der Waals surface area contributed by atoms with Crippen LogP contribution in [0.5, 0.6) is 0 Å². The molecule has 0 bridgehead atoms. The van der Waals surface area contributed by atoms with Gasteiger partial charge in [0.05, 0.1) is 11.3 Å². The lowest BCUT2D eigenvalue weighted by Gasteiger charge is -2.61. The van der Waals surface area contributed by atoms with Gasteiger partial charge in [0.2, 0.25) is 5.91 Å². The van der Waals surface area contributed by atoms with Crippen molar-refractivity contribution in [1.29, 1.82) is 0 Å². The summed E-state index contributed by atoms with van der Waals surface area (Å²) in [6.07, 6.45) is 13.3. The van der Waals surface area contributed by atoms with Crippen LogP contribution in [-0.2, 0) is 23.9 Å². The van der Waals surface area contributed by atoms with E-state index in [9.17, 15) is 24.0 Å². The number of imide groups is 1. The average Bonchev–Trinajstić information content (AvgIpc) is 3.56. The minimum Gasteiger partial charge on any atom is -0.480 e. The minimum atomic E-state index is -1.02. The Kier molecular flexibility index (Phi) is 8.89. The van der Waals surface area contributed by atoms with E-state index in [0.29, 0.717) is 41.9 Å². The van der Waals surface area contributed by atoms with Gasteiger partial charge in [0.1, 0.15) is 12.6 Å². The van der Waals surface area contributed by atoms with E-state index in [-0.39, 0.29) is 40.6 Å². The van der Waals surface area contributed by atoms with Crippen LogP contribution in [0.4, 0.5) is 5.69 Å². The van der Waals surface area contributed by atoms with E-state index < -0.39 is 23.8 Å². The lowest BCUT2D eigenvalue weighted by Crippen LogP contribution is -2.54. The van der Waals surface area contributed by atoms with Crippen molar-refractivity contribution in [2.45, 2.75) is 97.5 Å². The Morgan fingerprint density at radius 3 is 2.39 bits per heavy atom. The van der Waals surface area contributed by atoms with Gasteiger partial charge < -0.3 is 15.2 Å². The van der Waals surface area contributed by atoms with Gasteiger partial charge in [0.25, 0.3) is 11.8 Å². The summed E-state index contributed by atoms with van der Waals surface area (Å²) in [7, 11) is 0. The van der Waals surface area contributed by atoms with E-state index in [1.54, 1.807) is 24.3 Å². The zero-order valence-corrected chi connectivity index (χ0v) is 27.3. The normalized spacial score (nSPS) is 35.6. The van der Waals surface area contributed by atoms with Crippen LogP contribution in [0, 0.1) is 46.3 Å². The van der Waals surface area contributed by atoms with Gasteiger partial charge >= 0.3 is 11.9 Å². The summed E-state index contributed by atoms with van der Waals surface area (Å²) in [5.41, 5.74) is 0.999. The molecule has 4 aliphatic carbocycles. The van der Waals surface area contributed by atoms with Crippen LogP contribution in [0.1, 0.15) is 102 Å². The number of anilines is 1. The fourth-order valence-corrected chi connectivity index (χ4v) is 10.8. The number of amides is 3. The molecule has 9 atom stereocenters. The van der Waals surface area contributed by atoms with E-state index in [1.807, 2.05) is 0 Å². The quantitative estimate of drug-likeness (QED) is 0.255. The minimum absolute atomic E-state index is 0.177. The number of carbonyl (C=O) groups excluding carboxylic acids is 4. The number of nitrogens with one attached hydrogen (secondary N) is 1. The molecule has 1 aliphatic heterocycles. The van der Waals surface area contributed by atoms with Crippen molar-refractivity contribution in [2.24, 2.45) is 46.3 Å². The van der Waals surface area contributed by atoms with Gasteiger partial charge in [-0.3, -0.25) is 19.2 Å². The topological polar surface area (TPSA) is 130 Å². The second-order valence-electron chi connectivity index (χ2n) is 15.2. The molecule has 0 spiro atoms. The van der Waals surface area contributed by atoms with Crippen LogP contribution < -0.4 is 10.2 Å². The van der Waals surface area contributed by atoms with Gasteiger partial charge in [-0.05, 0) is 123 Å². The predicted molar refractivity (Wildman–Crippen MR) is 172 cm³/mol. The molecule has 0 radical (unpaired) electrons. The number of ether oxygens (including phenoxy) is 1. The molecule has 1 aromatic rings. The van der Waals surface area contributed by atoms with Gasteiger partial charge in [-0.15, -0.1) is 0 Å². The van der Waals surface area contributed by atoms with E-state index >= 15 is 0 Å². The largest absolute Gasteiger partial charge is 0.480 e. The maximum absolute atomic E-state index is 13.4. The maximum Gasteiger partial charge on any atom is 0.340 e. The Morgan fingerprint density at radius 1 is 0.957 bits per heavy atom. The summed E-state index contributed by atoms with van der Waals surface area (Å²) in [5.74, 6) is 0.956. The molecule has 5 aliphatic rings. The molecule has 6 rings (SSSR count). The molecule has 1 aromatic carbocycles. The molecular formula is C37H48N2O7. The van der Waals surface area contributed by atoms with Crippen LogP contribution >= 0.6 is 0 Å². The Labute approximate surface area is 271 Å². The summed E-state index contributed by atoms with van der Waals surface area (Å²) in [6, 6.07) is 6.67. The predicted octanol–water partition coefficient (Wildman–Crippen LogP) is 5.92. The molecular weight excluding hydrogens is 584 g/mol. The van der Waals surface area contributed by atoms with E-state index in [2.05, 4.69) is 26.1 Å². The molecule has 4 saturated carbocycles. The molecule has 9 nitrogen and oxygen atoms in total. The van der Waals surface area contributed by atoms with Crippen molar-refractivity contribution in [3.63, 3.8) is 0 Å². The molecule has 1 unspecified atom stereocenters. The smallest absolute Gasteiger partial charge is 0.340 e. The fourth-order valence-electron chi connectivity index (χ4n) is 10.8. The molecule has 4 fully saturated rings. The second kappa shape index (κ2) is 12.6. The number of hydrogen-bond acceptors (Lipinski definition) is 6. The number of para-hydroxylation sites is 1. The van der Waals surface area contributed by atoms with Crippen molar-refractivity contribution in [3.05, 3.63) is 42.0 Å². The summed E-state index contributed by atoms with van der Waals surface area (Å²) in [6.45, 7) is 6.96. The standard InChI is InChI=1S/C37H48N2O7/c1-22(8-13-31(40)38-21-34(43)44)27-11-12-28-25-10-9-23-20-24(16-18-36(23,2)29(25)17-19-37(27,28)3)46-35(45)26-6-4-5-7-30(26)39-32(41)14-15-33(39)42/h4-7,14-15,22-25,27-29H,8-13,16-21H2,1-3H3,(H,38,40)(H,43,44)/t22-,23?,24-,25+,27-,28+,29+,36+,37-/m1/s1. The summed E-state index contributed by atoms with van der Waals surface area (Å²) >= 11 is 0. The molecule has 1 heterocycles. The number of hydrogen-bond donors (Lipinski definition) is 2. The highest BCUT2D eigenvalue weighted by atomic mass is 16.5. The highest BCUT2D eigenvalue weighted by molar-refractivity contribution is 6.29. The van der Waals surface area contributed by atoms with Crippen molar-refractivity contribution in [2.75, 3.05) is 11.4 Å². The summed E-state index contributed by atoms with van der Waals surface area (Å²) < 4.78 is 6.10. The molecule has 46 heavy (non-hydrogen) atoms. The second-order valence-corrected chi connectivity index (χ2v) is 15.2. The van der Waals surface area contributed by atoms with Crippen LogP contribution in [0.15, 0.2) is 36.4 Å². The number of rotatable bonds is 9. The van der Waals surface area contributed by atoms with Gasteiger partial charge in [-0.2, -0.15) is 0 Å². The first-order chi connectivity index (χ1) is 21.9. The van der Waals surface area contributed by atoms with Gasteiger partial charge in [-0.1, -0.05) is 32.9 Å². The zero-order valence-electron chi connectivity index (χ0n) is 27.3. The molecule has 3 amide bonds. The van der Waals surface area contributed by atoms with Crippen molar-refractivity contribution >= 4 is 35.3 Å². The number of carboxylic acids is 1. The lowest BCUT2D eigenvalue weighted by atomic mass is 9.44. The third kappa shape index (κ3) is 5.79. The van der Waals surface area contributed by atoms with E-state index in [0.717, 1.165) is 37.0 Å². The number of carboxylic acid groups (broad SMARTS) is 1. The average molecular weight is 633 g/mol. The van der Waals surface area contributed by atoms with Crippen molar-refractivity contribution in [1.82, 2.24) is 5.32 Å². The van der Waals surface area contributed by atoms with Crippen molar-refractivity contribution < 1.29 is 33.8 Å². The zero-order chi connectivity index (χ0) is 32.8. The Bertz CT molecular complexity index is 1420.